The van der Waals surface area contributed by atoms with Crippen LogP contribution in [0.15, 0.2) is 12.1 Å². The van der Waals surface area contributed by atoms with E-state index in [-0.39, 0.29) is 10.6 Å². The van der Waals surface area contributed by atoms with Crippen molar-refractivity contribution >= 4 is 11.6 Å². The van der Waals surface area contributed by atoms with Gasteiger partial charge in [0.15, 0.2) is 0 Å². The van der Waals surface area contributed by atoms with Gasteiger partial charge in [-0.05, 0) is 38.8 Å². The molecule has 1 aromatic rings. The average Bonchev–Trinajstić information content (AvgIpc) is 2.92. The molecule has 1 aliphatic rings. The van der Waals surface area contributed by atoms with Crippen LogP contribution in [0.5, 0.6) is 0 Å². The molecule has 0 spiro atoms. The number of benzene rings is 1. The van der Waals surface area contributed by atoms with E-state index < -0.39 is 22.6 Å². The summed E-state index contributed by atoms with van der Waals surface area (Å²) in [5, 5.41) is -0.0491. The van der Waals surface area contributed by atoms with Crippen molar-refractivity contribution in [3.63, 3.8) is 0 Å². The van der Waals surface area contributed by atoms with Crippen LogP contribution in [0.3, 0.4) is 0 Å². The van der Waals surface area contributed by atoms with Gasteiger partial charge in [-0.3, -0.25) is 0 Å². The molecule has 1 aliphatic carbocycles. The first kappa shape index (κ1) is 11.8. The number of hydrogen-bond donors (Lipinski definition) is 1. The fourth-order valence-corrected chi connectivity index (χ4v) is 2.46. The normalized spacial score (nSPS) is 18.6. The third-order valence-corrected chi connectivity index (χ3v) is 3.80. The van der Waals surface area contributed by atoms with Crippen LogP contribution >= 0.6 is 11.6 Å². The first-order chi connectivity index (χ1) is 7.29. The molecule has 1 saturated carbocycles. The van der Waals surface area contributed by atoms with Gasteiger partial charge in [0, 0.05) is 16.5 Å². The predicted molar refractivity (Wildman–Crippen MR) is 60.5 cm³/mol. The topological polar surface area (TPSA) is 26.0 Å². The van der Waals surface area contributed by atoms with Gasteiger partial charge in [0.05, 0.1) is 5.02 Å². The van der Waals surface area contributed by atoms with Crippen molar-refractivity contribution in [2.45, 2.75) is 37.6 Å². The standard InChI is InChI=1S/C12H14ClF2N/c1-11(2,16)12(5-6-12)9-8(14)4-3-7(13)10(9)15/h3-4H,5-6,16H2,1-2H3. The summed E-state index contributed by atoms with van der Waals surface area (Å²) in [6.45, 7) is 3.58. The van der Waals surface area contributed by atoms with Crippen molar-refractivity contribution in [2.75, 3.05) is 0 Å². The fraction of sp³-hybridized carbons (Fsp3) is 0.500. The van der Waals surface area contributed by atoms with Crippen LogP contribution < -0.4 is 5.73 Å². The Balaban J connectivity index is 2.62. The van der Waals surface area contributed by atoms with Gasteiger partial charge >= 0.3 is 0 Å². The molecular weight excluding hydrogens is 232 g/mol. The summed E-state index contributed by atoms with van der Waals surface area (Å²) in [4.78, 5) is 0. The Bertz CT molecular complexity index is 433. The molecule has 88 valence electrons. The molecule has 0 aromatic heterocycles. The summed E-state index contributed by atoms with van der Waals surface area (Å²) in [6.07, 6.45) is 1.40. The summed E-state index contributed by atoms with van der Waals surface area (Å²) >= 11 is 5.69. The molecule has 1 aromatic carbocycles. The van der Waals surface area contributed by atoms with Crippen molar-refractivity contribution in [3.8, 4) is 0 Å². The lowest BCUT2D eigenvalue weighted by Crippen LogP contribution is -2.46. The maximum absolute atomic E-state index is 13.9. The van der Waals surface area contributed by atoms with Crippen LogP contribution in [0.25, 0.3) is 0 Å². The smallest absolute Gasteiger partial charge is 0.148 e. The second-order valence-corrected chi connectivity index (χ2v) is 5.43. The minimum Gasteiger partial charge on any atom is -0.325 e. The maximum atomic E-state index is 13.9. The van der Waals surface area contributed by atoms with Gasteiger partial charge < -0.3 is 5.73 Å². The number of halogens is 3. The van der Waals surface area contributed by atoms with E-state index in [0.717, 1.165) is 0 Å². The largest absolute Gasteiger partial charge is 0.325 e. The maximum Gasteiger partial charge on any atom is 0.148 e. The Kier molecular flexibility index (Phi) is 2.52. The molecule has 0 amide bonds. The summed E-state index contributed by atoms with van der Waals surface area (Å²) in [5.41, 5.74) is 4.81. The highest BCUT2D eigenvalue weighted by Crippen LogP contribution is 2.56. The molecule has 0 bridgehead atoms. The highest BCUT2D eigenvalue weighted by molar-refractivity contribution is 6.30. The van der Waals surface area contributed by atoms with Gasteiger partial charge in [-0.25, -0.2) is 8.78 Å². The van der Waals surface area contributed by atoms with Gasteiger partial charge in [0.1, 0.15) is 11.6 Å². The van der Waals surface area contributed by atoms with Crippen molar-refractivity contribution in [1.29, 1.82) is 0 Å². The van der Waals surface area contributed by atoms with Crippen LogP contribution in [0.1, 0.15) is 32.3 Å². The molecule has 4 heteroatoms. The van der Waals surface area contributed by atoms with Crippen molar-refractivity contribution in [1.82, 2.24) is 0 Å². The average molecular weight is 246 g/mol. The number of nitrogens with two attached hydrogens (primary N) is 1. The summed E-state index contributed by atoms with van der Waals surface area (Å²) in [5.74, 6) is -1.23. The third kappa shape index (κ3) is 1.54. The van der Waals surface area contributed by atoms with E-state index in [9.17, 15) is 8.78 Å². The number of hydrogen-bond acceptors (Lipinski definition) is 1. The molecule has 1 nitrogen and oxygen atoms in total. The van der Waals surface area contributed by atoms with Crippen LogP contribution in [0.4, 0.5) is 8.78 Å². The Morgan fingerprint density at radius 1 is 1.31 bits per heavy atom. The van der Waals surface area contributed by atoms with E-state index in [1.54, 1.807) is 13.8 Å². The Labute approximate surface area is 98.6 Å². The molecule has 0 radical (unpaired) electrons. The zero-order valence-electron chi connectivity index (χ0n) is 9.28. The first-order valence-electron chi connectivity index (χ1n) is 5.22. The molecule has 2 rings (SSSR count). The molecular formula is C12H14ClF2N. The Morgan fingerprint density at radius 2 is 1.88 bits per heavy atom. The lowest BCUT2D eigenvalue weighted by atomic mass is 9.79. The Hall–Kier alpha value is -0.670. The minimum atomic E-state index is -0.669. The second kappa shape index (κ2) is 3.41. The lowest BCUT2D eigenvalue weighted by Gasteiger charge is -2.31. The Morgan fingerprint density at radius 3 is 2.31 bits per heavy atom. The van der Waals surface area contributed by atoms with E-state index in [0.29, 0.717) is 12.8 Å². The lowest BCUT2D eigenvalue weighted by molar-refractivity contribution is 0.364. The molecule has 16 heavy (non-hydrogen) atoms. The minimum absolute atomic E-state index is 0.0486. The van der Waals surface area contributed by atoms with Crippen molar-refractivity contribution in [2.24, 2.45) is 5.73 Å². The highest BCUT2D eigenvalue weighted by Gasteiger charge is 2.56. The summed E-state index contributed by atoms with van der Waals surface area (Å²) < 4.78 is 27.6. The zero-order valence-corrected chi connectivity index (χ0v) is 10.0. The first-order valence-corrected chi connectivity index (χ1v) is 5.60. The summed E-state index contributed by atoms with van der Waals surface area (Å²) in [7, 11) is 0. The zero-order chi connectivity index (χ0) is 12.1. The molecule has 2 N–H and O–H groups in total. The molecule has 1 fully saturated rings. The molecule has 0 heterocycles. The van der Waals surface area contributed by atoms with E-state index >= 15 is 0 Å². The van der Waals surface area contributed by atoms with E-state index in [2.05, 4.69) is 0 Å². The van der Waals surface area contributed by atoms with E-state index in [1.807, 2.05) is 0 Å². The van der Waals surface area contributed by atoms with E-state index in [4.69, 9.17) is 17.3 Å². The van der Waals surface area contributed by atoms with Crippen LogP contribution in [0, 0.1) is 11.6 Å². The van der Waals surface area contributed by atoms with Crippen LogP contribution in [-0.4, -0.2) is 5.54 Å². The molecule has 0 aliphatic heterocycles. The molecule has 0 unspecified atom stereocenters. The number of rotatable bonds is 2. The fourth-order valence-electron chi connectivity index (χ4n) is 2.31. The highest BCUT2D eigenvalue weighted by atomic mass is 35.5. The SMILES string of the molecule is CC(C)(N)C1(c2c(F)ccc(Cl)c2F)CC1. The quantitative estimate of drug-likeness (QED) is 0.795. The van der Waals surface area contributed by atoms with Crippen LogP contribution in [-0.2, 0) is 5.41 Å². The van der Waals surface area contributed by atoms with Crippen molar-refractivity contribution in [3.05, 3.63) is 34.4 Å². The third-order valence-electron chi connectivity index (χ3n) is 3.51. The van der Waals surface area contributed by atoms with Gasteiger partial charge in [-0.1, -0.05) is 11.6 Å². The molecule has 0 saturated heterocycles. The summed E-state index contributed by atoms with van der Waals surface area (Å²) in [6, 6.07) is 2.43. The van der Waals surface area contributed by atoms with Gasteiger partial charge in [-0.2, -0.15) is 0 Å². The molecule has 0 atom stereocenters. The van der Waals surface area contributed by atoms with Crippen molar-refractivity contribution < 1.29 is 8.78 Å². The van der Waals surface area contributed by atoms with Gasteiger partial charge in [-0.15, -0.1) is 0 Å². The predicted octanol–water partition coefficient (Wildman–Crippen LogP) is 3.39. The van der Waals surface area contributed by atoms with E-state index in [1.165, 1.54) is 12.1 Å². The monoisotopic (exact) mass is 245 g/mol. The van der Waals surface area contributed by atoms with Gasteiger partial charge in [0.2, 0.25) is 0 Å². The van der Waals surface area contributed by atoms with Gasteiger partial charge in [0.25, 0.3) is 0 Å². The second-order valence-electron chi connectivity index (χ2n) is 5.02. The van der Waals surface area contributed by atoms with Crippen LogP contribution in [0.2, 0.25) is 5.02 Å².